The number of amides is 1. The van der Waals surface area contributed by atoms with Crippen molar-refractivity contribution in [3.63, 3.8) is 0 Å². The molecule has 0 aliphatic carbocycles. The summed E-state index contributed by atoms with van der Waals surface area (Å²) in [6.45, 7) is 4.94. The quantitative estimate of drug-likeness (QED) is 0.314. The van der Waals surface area contributed by atoms with Crippen molar-refractivity contribution in [3.8, 4) is 5.75 Å². The van der Waals surface area contributed by atoms with Crippen molar-refractivity contribution >= 4 is 40.7 Å². The van der Waals surface area contributed by atoms with Gasteiger partial charge in [0.1, 0.15) is 11.5 Å². The lowest BCUT2D eigenvalue weighted by Gasteiger charge is -2.26. The maximum Gasteiger partial charge on any atom is 0.295 e. The Hall–Kier alpha value is -2.54. The van der Waals surface area contributed by atoms with Crippen LogP contribution < -0.4 is 4.74 Å². The number of aliphatic hydroxyl groups excluding tert-OH is 1. The lowest BCUT2D eigenvalue weighted by molar-refractivity contribution is -0.139. The maximum absolute atomic E-state index is 13.1. The molecular formula is C25H28Cl2N2O4. The number of carbonyl (C=O) groups excluding carboxylic acids is 2. The summed E-state index contributed by atoms with van der Waals surface area (Å²) in [5.74, 6) is -0.968. The van der Waals surface area contributed by atoms with Crippen LogP contribution >= 0.6 is 23.2 Å². The number of rotatable bonds is 8. The first kappa shape index (κ1) is 25.1. The zero-order valence-corrected chi connectivity index (χ0v) is 20.7. The molecule has 1 amide bonds. The molecule has 1 fully saturated rings. The van der Waals surface area contributed by atoms with Gasteiger partial charge in [-0.25, -0.2) is 0 Å². The molecule has 1 N–H and O–H groups in total. The molecule has 2 aromatic rings. The average Bonchev–Trinajstić information content (AvgIpc) is 3.00. The smallest absolute Gasteiger partial charge is 0.295 e. The molecule has 6 nitrogen and oxygen atoms in total. The van der Waals surface area contributed by atoms with E-state index in [-0.39, 0.29) is 17.4 Å². The van der Waals surface area contributed by atoms with Gasteiger partial charge in [-0.15, -0.1) is 0 Å². The largest absolute Gasteiger partial charge is 0.507 e. The van der Waals surface area contributed by atoms with Crippen molar-refractivity contribution in [2.24, 2.45) is 0 Å². The molecule has 3 rings (SSSR count). The highest BCUT2D eigenvalue weighted by Crippen LogP contribution is 2.41. The van der Waals surface area contributed by atoms with E-state index >= 15 is 0 Å². The highest BCUT2D eigenvalue weighted by molar-refractivity contribution is 6.46. The van der Waals surface area contributed by atoms with Gasteiger partial charge in [-0.3, -0.25) is 9.59 Å². The number of likely N-dealkylation sites (tertiary alicyclic amines) is 1. The fourth-order valence-corrected chi connectivity index (χ4v) is 4.12. The second-order valence-corrected chi connectivity index (χ2v) is 9.33. The zero-order chi connectivity index (χ0) is 24.3. The second kappa shape index (κ2) is 10.6. The predicted octanol–water partition coefficient (Wildman–Crippen LogP) is 5.15. The third kappa shape index (κ3) is 5.69. The first-order valence-electron chi connectivity index (χ1n) is 10.7. The third-order valence-electron chi connectivity index (χ3n) is 5.30. The maximum atomic E-state index is 13.1. The van der Waals surface area contributed by atoms with Gasteiger partial charge < -0.3 is 19.6 Å². The highest BCUT2D eigenvalue weighted by atomic mass is 35.5. The molecule has 2 aromatic carbocycles. The van der Waals surface area contributed by atoms with Crippen LogP contribution in [0.4, 0.5) is 0 Å². The number of carbonyl (C=O) groups is 2. The van der Waals surface area contributed by atoms with Crippen LogP contribution in [0.25, 0.3) is 5.76 Å². The number of nitrogens with zero attached hydrogens (tertiary/aromatic N) is 2. The molecule has 0 spiro atoms. The van der Waals surface area contributed by atoms with E-state index in [0.717, 1.165) is 6.54 Å². The van der Waals surface area contributed by atoms with Crippen LogP contribution in [0.2, 0.25) is 10.0 Å². The number of ketones is 1. The van der Waals surface area contributed by atoms with Crippen molar-refractivity contribution in [2.45, 2.75) is 32.4 Å². The number of aliphatic hydroxyl groups is 1. The topological polar surface area (TPSA) is 70.1 Å². The molecule has 1 saturated heterocycles. The first-order chi connectivity index (χ1) is 15.6. The number of hydrogen-bond donors (Lipinski definition) is 1. The van der Waals surface area contributed by atoms with Gasteiger partial charge in [-0.2, -0.15) is 0 Å². The molecule has 0 radical (unpaired) electrons. The summed E-state index contributed by atoms with van der Waals surface area (Å²) in [5.41, 5.74) is 1.05. The van der Waals surface area contributed by atoms with E-state index in [1.165, 1.54) is 4.90 Å². The monoisotopic (exact) mass is 490 g/mol. The Bertz CT molecular complexity index is 1060. The number of hydrogen-bond acceptors (Lipinski definition) is 5. The summed E-state index contributed by atoms with van der Waals surface area (Å²) in [4.78, 5) is 29.5. The molecule has 8 heteroatoms. The van der Waals surface area contributed by atoms with Crippen molar-refractivity contribution in [3.05, 3.63) is 69.2 Å². The molecule has 0 aromatic heterocycles. The third-order valence-corrected chi connectivity index (χ3v) is 6.04. The summed E-state index contributed by atoms with van der Waals surface area (Å²) in [6.07, 6.45) is 0.672. The van der Waals surface area contributed by atoms with Gasteiger partial charge in [0.25, 0.3) is 11.7 Å². The van der Waals surface area contributed by atoms with Crippen molar-refractivity contribution in [1.82, 2.24) is 9.80 Å². The SMILES string of the molecule is CC(C)Oc1ccc(/C(O)=C2\C(=O)C(=O)N(CCCN(C)C)[C@@H]2c2ccc(Cl)c(Cl)c2)cc1. The Morgan fingerprint density at radius 1 is 1.09 bits per heavy atom. The van der Waals surface area contributed by atoms with Crippen molar-refractivity contribution < 1.29 is 19.4 Å². The molecule has 1 aliphatic heterocycles. The minimum Gasteiger partial charge on any atom is -0.507 e. The van der Waals surface area contributed by atoms with Crippen LogP contribution in [-0.4, -0.2) is 59.9 Å². The van der Waals surface area contributed by atoms with E-state index in [1.54, 1.807) is 42.5 Å². The lowest BCUT2D eigenvalue weighted by atomic mass is 9.95. The van der Waals surface area contributed by atoms with Crippen LogP contribution in [0, 0.1) is 0 Å². The molecule has 1 heterocycles. The van der Waals surface area contributed by atoms with E-state index in [1.807, 2.05) is 32.8 Å². The summed E-state index contributed by atoms with van der Waals surface area (Å²) in [7, 11) is 3.88. The van der Waals surface area contributed by atoms with Gasteiger partial charge in [-0.05, 0) is 82.9 Å². The van der Waals surface area contributed by atoms with Gasteiger partial charge in [0.05, 0.1) is 27.8 Å². The van der Waals surface area contributed by atoms with Gasteiger partial charge in [-0.1, -0.05) is 29.3 Å². The molecule has 33 heavy (non-hydrogen) atoms. The summed E-state index contributed by atoms with van der Waals surface area (Å²) in [5, 5.41) is 11.8. The fourth-order valence-electron chi connectivity index (χ4n) is 3.82. The highest BCUT2D eigenvalue weighted by Gasteiger charge is 2.45. The minimum atomic E-state index is -0.770. The van der Waals surface area contributed by atoms with Gasteiger partial charge in [0, 0.05) is 12.1 Å². The van der Waals surface area contributed by atoms with E-state index in [4.69, 9.17) is 27.9 Å². The van der Waals surface area contributed by atoms with Gasteiger partial charge in [0.15, 0.2) is 0 Å². The number of ether oxygens (including phenoxy) is 1. The zero-order valence-electron chi connectivity index (χ0n) is 19.1. The number of Topliss-reactive ketones (excluding diaryl/α,β-unsaturated/α-hetero) is 1. The predicted molar refractivity (Wildman–Crippen MR) is 131 cm³/mol. The lowest BCUT2D eigenvalue weighted by Crippen LogP contribution is -2.32. The minimum absolute atomic E-state index is 0.00610. The Labute approximate surface area is 204 Å². The average molecular weight is 491 g/mol. The van der Waals surface area contributed by atoms with Crippen LogP contribution in [0.15, 0.2) is 48.0 Å². The molecule has 0 unspecified atom stereocenters. The molecule has 1 aliphatic rings. The van der Waals surface area contributed by atoms with Crippen LogP contribution in [0.1, 0.15) is 37.4 Å². The van der Waals surface area contributed by atoms with E-state index in [9.17, 15) is 14.7 Å². The number of halogens is 2. The van der Waals surface area contributed by atoms with Crippen molar-refractivity contribution in [2.75, 3.05) is 27.2 Å². The van der Waals surface area contributed by atoms with Crippen LogP contribution in [0.3, 0.4) is 0 Å². The van der Waals surface area contributed by atoms with Gasteiger partial charge in [0.2, 0.25) is 0 Å². The first-order valence-corrected chi connectivity index (χ1v) is 11.5. The molecule has 0 saturated carbocycles. The molecular weight excluding hydrogens is 463 g/mol. The Morgan fingerprint density at radius 3 is 2.33 bits per heavy atom. The normalized spacial score (nSPS) is 17.9. The molecule has 1 atom stereocenters. The van der Waals surface area contributed by atoms with E-state index in [0.29, 0.717) is 39.9 Å². The second-order valence-electron chi connectivity index (χ2n) is 8.51. The van der Waals surface area contributed by atoms with E-state index < -0.39 is 17.7 Å². The Balaban J connectivity index is 2.06. The standard InChI is InChI=1S/C25H28Cl2N2O4/c1-15(2)33-18-9-6-16(7-10-18)23(30)21-22(17-8-11-19(26)20(27)14-17)29(25(32)24(21)31)13-5-12-28(3)4/h6-11,14-15,22,30H,5,12-13H2,1-4H3/b23-21+/t22-/m1/s1. The molecule has 176 valence electrons. The number of benzene rings is 2. The Kier molecular flexibility index (Phi) is 8.05. The van der Waals surface area contributed by atoms with Crippen LogP contribution in [0.5, 0.6) is 5.75 Å². The van der Waals surface area contributed by atoms with Crippen molar-refractivity contribution in [1.29, 1.82) is 0 Å². The fraction of sp³-hybridized carbons (Fsp3) is 0.360. The molecule has 0 bridgehead atoms. The summed E-state index contributed by atoms with van der Waals surface area (Å²) in [6, 6.07) is 11.0. The summed E-state index contributed by atoms with van der Waals surface area (Å²) < 4.78 is 5.65. The van der Waals surface area contributed by atoms with Gasteiger partial charge >= 0.3 is 0 Å². The Morgan fingerprint density at radius 2 is 1.76 bits per heavy atom. The summed E-state index contributed by atoms with van der Waals surface area (Å²) >= 11 is 12.3. The van der Waals surface area contributed by atoms with E-state index in [2.05, 4.69) is 0 Å². The van der Waals surface area contributed by atoms with Crippen LogP contribution in [-0.2, 0) is 9.59 Å².